The first kappa shape index (κ1) is 10.1. The Hall–Kier alpha value is -1.48. The van der Waals surface area contributed by atoms with E-state index >= 15 is 0 Å². The van der Waals surface area contributed by atoms with E-state index in [-0.39, 0.29) is 6.61 Å². The fourth-order valence-electron chi connectivity index (χ4n) is 1.23. The summed E-state index contributed by atoms with van der Waals surface area (Å²) in [6, 6.07) is 1.69. The Labute approximate surface area is 86.8 Å². The molecule has 1 aliphatic heterocycles. The van der Waals surface area contributed by atoms with Gasteiger partial charge in [-0.3, -0.25) is 0 Å². The number of nitrogens with zero attached hydrogens (tertiary/aromatic N) is 2. The molecule has 0 aromatic carbocycles. The van der Waals surface area contributed by atoms with Crippen LogP contribution in [0.2, 0.25) is 0 Å². The number of hydrogen-bond donors (Lipinski definition) is 2. The van der Waals surface area contributed by atoms with Crippen molar-refractivity contribution in [2.24, 2.45) is 0 Å². The summed E-state index contributed by atoms with van der Waals surface area (Å²) in [5.74, 6) is 5.71. The zero-order valence-electron chi connectivity index (χ0n) is 7.87. The van der Waals surface area contributed by atoms with Crippen molar-refractivity contribution in [2.75, 3.05) is 6.61 Å². The summed E-state index contributed by atoms with van der Waals surface area (Å²) in [4.78, 5) is 7.80. The van der Waals surface area contributed by atoms with Crippen LogP contribution >= 0.6 is 0 Å². The van der Waals surface area contributed by atoms with Crippen LogP contribution in [0.1, 0.15) is 5.82 Å². The second-order valence-corrected chi connectivity index (χ2v) is 3.15. The van der Waals surface area contributed by atoms with Crippen LogP contribution in [-0.4, -0.2) is 45.1 Å². The van der Waals surface area contributed by atoms with E-state index in [4.69, 9.17) is 4.74 Å². The van der Waals surface area contributed by atoms with Crippen LogP contribution < -0.4 is 0 Å². The third-order valence-corrected chi connectivity index (χ3v) is 2.04. The summed E-state index contributed by atoms with van der Waals surface area (Å²) in [5.41, 5.74) is 0. The number of aliphatic hydroxyl groups is 2. The van der Waals surface area contributed by atoms with E-state index in [0.717, 1.165) is 0 Å². The molecule has 0 radical (unpaired) electrons. The minimum atomic E-state index is -0.957. The van der Waals surface area contributed by atoms with E-state index in [0.29, 0.717) is 5.82 Å². The number of aliphatic hydroxyl groups excluding tert-OH is 2. The topological polar surface area (TPSA) is 75.5 Å². The van der Waals surface area contributed by atoms with Gasteiger partial charge in [0.1, 0.15) is 18.3 Å². The second-order valence-electron chi connectivity index (χ2n) is 3.15. The molecule has 1 fully saturated rings. The van der Waals surface area contributed by atoms with Gasteiger partial charge in [0.05, 0.1) is 6.61 Å². The summed E-state index contributed by atoms with van der Waals surface area (Å²) < 4.78 is 5.07. The first-order valence-electron chi connectivity index (χ1n) is 4.53. The lowest BCUT2D eigenvalue weighted by molar-refractivity contribution is 0.0447. The maximum Gasteiger partial charge on any atom is 0.204 e. The quantitative estimate of drug-likeness (QED) is 0.530. The molecule has 2 N–H and O–H groups in total. The molecule has 1 aromatic heterocycles. The molecule has 0 bridgehead atoms. The highest BCUT2D eigenvalue weighted by molar-refractivity contribution is 5.23. The predicted octanol–water partition coefficient (Wildman–Crippen LogP) is -1.05. The van der Waals surface area contributed by atoms with Crippen molar-refractivity contribution in [3.63, 3.8) is 0 Å². The van der Waals surface area contributed by atoms with Crippen molar-refractivity contribution in [1.82, 2.24) is 9.97 Å². The average Bonchev–Trinajstić information content (AvgIpc) is 2.59. The van der Waals surface area contributed by atoms with Crippen LogP contribution in [0, 0.1) is 11.8 Å². The summed E-state index contributed by atoms with van der Waals surface area (Å²) in [6.07, 6.45) is 0.682. The Morgan fingerprint density at radius 2 is 2.07 bits per heavy atom. The molecule has 1 aromatic rings. The lowest BCUT2D eigenvalue weighted by Gasteiger charge is -2.07. The van der Waals surface area contributed by atoms with Crippen LogP contribution in [-0.2, 0) is 4.74 Å². The van der Waals surface area contributed by atoms with Gasteiger partial charge in [-0.2, -0.15) is 0 Å². The van der Waals surface area contributed by atoms with Crippen molar-refractivity contribution < 1.29 is 14.9 Å². The summed E-state index contributed by atoms with van der Waals surface area (Å²) in [7, 11) is 0. The Balaban J connectivity index is 2.07. The van der Waals surface area contributed by atoms with Crippen LogP contribution in [0.5, 0.6) is 0 Å². The van der Waals surface area contributed by atoms with E-state index in [1.54, 1.807) is 18.5 Å². The number of rotatable bonds is 0. The van der Waals surface area contributed by atoms with Gasteiger partial charge in [-0.05, 0) is 12.0 Å². The van der Waals surface area contributed by atoms with Crippen LogP contribution in [0.25, 0.3) is 0 Å². The molecule has 2 heterocycles. The minimum absolute atomic E-state index is 0.107. The van der Waals surface area contributed by atoms with Gasteiger partial charge < -0.3 is 14.9 Å². The molecule has 15 heavy (non-hydrogen) atoms. The van der Waals surface area contributed by atoms with Crippen LogP contribution in [0.4, 0.5) is 0 Å². The third-order valence-electron chi connectivity index (χ3n) is 2.04. The van der Waals surface area contributed by atoms with Gasteiger partial charge in [-0.1, -0.05) is 5.92 Å². The molecular weight excluding hydrogens is 196 g/mol. The predicted molar refractivity (Wildman–Crippen MR) is 50.7 cm³/mol. The second kappa shape index (κ2) is 4.36. The zero-order chi connectivity index (χ0) is 10.7. The summed E-state index contributed by atoms with van der Waals surface area (Å²) in [5, 5.41) is 18.6. The molecule has 0 aliphatic carbocycles. The van der Waals surface area contributed by atoms with Gasteiger partial charge in [0, 0.05) is 12.4 Å². The monoisotopic (exact) mass is 206 g/mol. The molecule has 0 spiro atoms. The molecule has 2 rings (SSSR count). The van der Waals surface area contributed by atoms with E-state index in [9.17, 15) is 10.2 Å². The van der Waals surface area contributed by atoms with Gasteiger partial charge in [0.25, 0.3) is 0 Å². The summed E-state index contributed by atoms with van der Waals surface area (Å²) >= 11 is 0. The first-order valence-corrected chi connectivity index (χ1v) is 4.53. The zero-order valence-corrected chi connectivity index (χ0v) is 7.87. The highest BCUT2D eigenvalue weighted by Crippen LogP contribution is 2.12. The smallest absolute Gasteiger partial charge is 0.204 e. The lowest BCUT2D eigenvalue weighted by Crippen LogP contribution is -2.28. The maximum atomic E-state index is 9.42. The fraction of sp³-hybridized carbons (Fsp3) is 0.400. The lowest BCUT2D eigenvalue weighted by atomic mass is 10.1. The maximum absolute atomic E-state index is 9.42. The normalized spacial score (nSPS) is 29.6. The SMILES string of the molecule is OC1COC(C#Cc2ncccn2)C1O. The van der Waals surface area contributed by atoms with Crippen LogP contribution in [0.15, 0.2) is 18.5 Å². The fourth-order valence-corrected chi connectivity index (χ4v) is 1.23. The van der Waals surface area contributed by atoms with Gasteiger partial charge in [-0.25, -0.2) is 9.97 Å². The van der Waals surface area contributed by atoms with Crippen molar-refractivity contribution in [3.05, 3.63) is 24.3 Å². The molecule has 78 valence electrons. The van der Waals surface area contributed by atoms with E-state index in [1.807, 2.05) is 0 Å². The van der Waals surface area contributed by atoms with E-state index in [1.165, 1.54) is 0 Å². The molecule has 1 aliphatic rings. The average molecular weight is 206 g/mol. The van der Waals surface area contributed by atoms with E-state index < -0.39 is 18.3 Å². The van der Waals surface area contributed by atoms with Gasteiger partial charge in [0.15, 0.2) is 0 Å². The van der Waals surface area contributed by atoms with Crippen LogP contribution in [0.3, 0.4) is 0 Å². The van der Waals surface area contributed by atoms with Crippen molar-refractivity contribution in [3.8, 4) is 11.8 Å². The Bertz CT molecular complexity index is 385. The van der Waals surface area contributed by atoms with Crippen molar-refractivity contribution in [1.29, 1.82) is 0 Å². The number of hydrogen-bond acceptors (Lipinski definition) is 5. The van der Waals surface area contributed by atoms with Gasteiger partial charge in [-0.15, -0.1) is 0 Å². The molecular formula is C10H10N2O3. The van der Waals surface area contributed by atoms with Gasteiger partial charge >= 0.3 is 0 Å². The Morgan fingerprint density at radius 3 is 2.67 bits per heavy atom. The molecule has 0 amide bonds. The van der Waals surface area contributed by atoms with Crippen molar-refractivity contribution >= 4 is 0 Å². The molecule has 3 atom stereocenters. The Kier molecular flexibility index (Phi) is 2.92. The Morgan fingerprint density at radius 1 is 1.33 bits per heavy atom. The molecule has 1 saturated heterocycles. The molecule has 5 heteroatoms. The largest absolute Gasteiger partial charge is 0.388 e. The van der Waals surface area contributed by atoms with Crippen molar-refractivity contribution in [2.45, 2.75) is 18.3 Å². The molecule has 0 saturated carbocycles. The molecule has 5 nitrogen and oxygen atoms in total. The minimum Gasteiger partial charge on any atom is -0.388 e. The van der Waals surface area contributed by atoms with Gasteiger partial charge in [0.2, 0.25) is 5.82 Å². The van der Waals surface area contributed by atoms with E-state index in [2.05, 4.69) is 21.8 Å². The summed E-state index contributed by atoms with van der Waals surface area (Å²) in [6.45, 7) is 0.107. The molecule has 3 unspecified atom stereocenters. The number of ether oxygens (including phenoxy) is 1. The third kappa shape index (κ3) is 2.30. The highest BCUT2D eigenvalue weighted by Gasteiger charge is 2.33. The highest BCUT2D eigenvalue weighted by atomic mass is 16.5. The standard InChI is InChI=1S/C10H10N2O3/c13-7-6-15-8(10(7)14)2-3-9-11-4-1-5-12-9/h1,4-5,7-8,10,13-14H,6H2. The first-order chi connectivity index (χ1) is 7.27. The number of aromatic nitrogens is 2.